The van der Waals surface area contributed by atoms with Gasteiger partial charge in [-0.3, -0.25) is 0 Å². The molecule has 66 valence electrons. The van der Waals surface area contributed by atoms with Crippen molar-refractivity contribution in [2.45, 2.75) is 0 Å². The molecule has 3 nitrogen and oxygen atoms in total. The average Bonchev–Trinajstić information content (AvgIpc) is 2.48. The molecule has 0 aliphatic carbocycles. The van der Waals surface area contributed by atoms with E-state index in [1.807, 2.05) is 30.5 Å². The number of fused-ring (bicyclic) bond motifs is 1. The molecule has 13 heavy (non-hydrogen) atoms. The highest BCUT2D eigenvalue weighted by Crippen LogP contribution is 2.21. The molecular weight excluding hydrogens is 182 g/mol. The monoisotopic (exact) mass is 191 g/mol. The van der Waals surface area contributed by atoms with Crippen molar-refractivity contribution >= 4 is 33.9 Å². The van der Waals surface area contributed by atoms with E-state index < -0.39 is 0 Å². The van der Waals surface area contributed by atoms with Crippen LogP contribution in [0.5, 0.6) is 0 Å². The molecule has 0 fully saturated rings. The van der Waals surface area contributed by atoms with Crippen LogP contribution in [0.1, 0.15) is 0 Å². The molecule has 0 saturated carbocycles. The van der Waals surface area contributed by atoms with Crippen molar-refractivity contribution in [3.63, 3.8) is 0 Å². The van der Waals surface area contributed by atoms with Crippen molar-refractivity contribution in [3.05, 3.63) is 30.5 Å². The van der Waals surface area contributed by atoms with Crippen LogP contribution in [0.3, 0.4) is 0 Å². The summed E-state index contributed by atoms with van der Waals surface area (Å²) in [4.78, 5) is 3.12. The molecule has 1 heterocycles. The van der Waals surface area contributed by atoms with E-state index >= 15 is 0 Å². The van der Waals surface area contributed by atoms with Gasteiger partial charge in [0, 0.05) is 17.1 Å². The van der Waals surface area contributed by atoms with Crippen LogP contribution in [0.2, 0.25) is 0 Å². The van der Waals surface area contributed by atoms with Crippen LogP contribution in [0, 0.1) is 0 Å². The molecule has 1 aromatic heterocycles. The fourth-order valence-electron chi connectivity index (χ4n) is 1.31. The lowest BCUT2D eigenvalue weighted by molar-refractivity contribution is 1.47. The molecule has 2 rings (SSSR count). The number of nitrogens with two attached hydrogens (primary N) is 1. The second-order valence-corrected chi connectivity index (χ2v) is 3.18. The van der Waals surface area contributed by atoms with Crippen LogP contribution >= 0.6 is 12.2 Å². The minimum atomic E-state index is 0.282. The van der Waals surface area contributed by atoms with Gasteiger partial charge in [0.15, 0.2) is 5.11 Å². The van der Waals surface area contributed by atoms with E-state index in [0.717, 1.165) is 16.6 Å². The average molecular weight is 191 g/mol. The lowest BCUT2D eigenvalue weighted by Crippen LogP contribution is -2.18. The van der Waals surface area contributed by atoms with Crippen molar-refractivity contribution < 1.29 is 0 Å². The summed E-state index contributed by atoms with van der Waals surface area (Å²) in [6.45, 7) is 0. The Morgan fingerprint density at radius 3 is 2.92 bits per heavy atom. The summed E-state index contributed by atoms with van der Waals surface area (Å²) in [6.07, 6.45) is 1.85. The van der Waals surface area contributed by atoms with Gasteiger partial charge >= 0.3 is 0 Å². The highest BCUT2D eigenvalue weighted by atomic mass is 32.1. The first-order valence-corrected chi connectivity index (χ1v) is 4.31. The maximum absolute atomic E-state index is 5.38. The lowest BCUT2D eigenvalue weighted by atomic mass is 10.2. The van der Waals surface area contributed by atoms with Gasteiger partial charge in [0.25, 0.3) is 0 Å². The predicted molar refractivity (Wildman–Crippen MR) is 58.7 cm³/mol. The van der Waals surface area contributed by atoms with Crippen LogP contribution in [-0.2, 0) is 0 Å². The quantitative estimate of drug-likeness (QED) is 0.603. The van der Waals surface area contributed by atoms with Gasteiger partial charge in [-0.25, -0.2) is 0 Å². The number of hydrogen-bond acceptors (Lipinski definition) is 1. The third-order valence-corrected chi connectivity index (χ3v) is 1.95. The number of aromatic nitrogens is 1. The van der Waals surface area contributed by atoms with Crippen LogP contribution in [-0.4, -0.2) is 10.1 Å². The molecule has 4 heteroatoms. The number of hydrogen-bond donors (Lipinski definition) is 3. The Hall–Kier alpha value is -1.55. The number of thiocarbonyl (C=S) groups is 1. The molecule has 0 radical (unpaired) electrons. The fraction of sp³-hybridized carbons (Fsp3) is 0. The Kier molecular flexibility index (Phi) is 1.90. The van der Waals surface area contributed by atoms with Gasteiger partial charge < -0.3 is 16.0 Å². The van der Waals surface area contributed by atoms with Crippen LogP contribution in [0.15, 0.2) is 30.5 Å². The number of aromatic amines is 1. The number of anilines is 1. The van der Waals surface area contributed by atoms with Gasteiger partial charge in [-0.1, -0.05) is 18.2 Å². The zero-order valence-corrected chi connectivity index (χ0v) is 7.69. The van der Waals surface area contributed by atoms with E-state index in [0.29, 0.717) is 0 Å². The molecule has 0 bridgehead atoms. The van der Waals surface area contributed by atoms with Crippen molar-refractivity contribution in [1.82, 2.24) is 4.98 Å². The number of nitrogens with one attached hydrogen (secondary N) is 2. The Bertz CT molecular complexity index is 447. The van der Waals surface area contributed by atoms with Gasteiger partial charge in [0.1, 0.15) is 0 Å². The Morgan fingerprint density at radius 1 is 1.38 bits per heavy atom. The van der Waals surface area contributed by atoms with Gasteiger partial charge in [-0.05, 0) is 18.3 Å². The third kappa shape index (κ3) is 1.48. The highest BCUT2D eigenvalue weighted by Gasteiger charge is 2.01. The third-order valence-electron chi connectivity index (χ3n) is 1.85. The molecule has 0 spiro atoms. The molecule has 0 aliphatic heterocycles. The Labute approximate surface area is 80.9 Å². The molecule has 0 saturated heterocycles. The first-order valence-electron chi connectivity index (χ1n) is 3.90. The van der Waals surface area contributed by atoms with Crippen LogP contribution in [0.4, 0.5) is 5.69 Å². The molecule has 0 atom stereocenters. The smallest absolute Gasteiger partial charge is 0.168 e. The van der Waals surface area contributed by atoms with E-state index in [-0.39, 0.29) is 5.11 Å². The summed E-state index contributed by atoms with van der Waals surface area (Å²) < 4.78 is 0. The summed E-state index contributed by atoms with van der Waals surface area (Å²) >= 11 is 4.76. The molecule has 1 aromatic carbocycles. The number of benzene rings is 1. The summed E-state index contributed by atoms with van der Waals surface area (Å²) in [5.41, 5.74) is 7.37. The highest BCUT2D eigenvalue weighted by molar-refractivity contribution is 7.80. The predicted octanol–water partition coefficient (Wildman–Crippen LogP) is 1.82. The first kappa shape index (κ1) is 8.07. The van der Waals surface area contributed by atoms with Gasteiger partial charge in [-0.2, -0.15) is 0 Å². The van der Waals surface area contributed by atoms with Crippen molar-refractivity contribution in [2.24, 2.45) is 5.73 Å². The molecule has 2 aromatic rings. The summed E-state index contributed by atoms with van der Waals surface area (Å²) in [5, 5.41) is 4.28. The zero-order chi connectivity index (χ0) is 9.26. The number of H-pyrrole nitrogens is 1. The maximum Gasteiger partial charge on any atom is 0.168 e. The van der Waals surface area contributed by atoms with Crippen molar-refractivity contribution in [1.29, 1.82) is 0 Å². The van der Waals surface area contributed by atoms with Gasteiger partial charge in [0.05, 0.1) is 5.69 Å². The topological polar surface area (TPSA) is 53.8 Å². The van der Waals surface area contributed by atoms with E-state index in [9.17, 15) is 0 Å². The minimum absolute atomic E-state index is 0.282. The molecule has 4 N–H and O–H groups in total. The van der Waals surface area contributed by atoms with Gasteiger partial charge in [0.2, 0.25) is 0 Å². The Morgan fingerprint density at radius 2 is 2.15 bits per heavy atom. The van der Waals surface area contributed by atoms with Gasteiger partial charge in [-0.15, -0.1) is 0 Å². The first-order chi connectivity index (χ1) is 6.27. The zero-order valence-electron chi connectivity index (χ0n) is 6.87. The minimum Gasteiger partial charge on any atom is -0.376 e. The maximum atomic E-state index is 5.38. The SMILES string of the molecule is NC(=S)Nc1c[nH]c2ccccc12. The molecule has 0 unspecified atom stereocenters. The second-order valence-electron chi connectivity index (χ2n) is 2.74. The summed E-state index contributed by atoms with van der Waals surface area (Å²) in [7, 11) is 0. The van der Waals surface area contributed by atoms with Crippen molar-refractivity contribution in [3.8, 4) is 0 Å². The normalized spacial score (nSPS) is 10.2. The van der Waals surface area contributed by atoms with E-state index in [2.05, 4.69) is 10.3 Å². The molecule has 0 aliphatic rings. The lowest BCUT2D eigenvalue weighted by Gasteiger charge is -1.99. The Balaban J connectivity index is 2.51. The fourth-order valence-corrected chi connectivity index (χ4v) is 1.42. The molecule has 0 amide bonds. The second kappa shape index (κ2) is 3.06. The summed E-state index contributed by atoms with van der Waals surface area (Å²) in [5.74, 6) is 0. The standard InChI is InChI=1S/C9H9N3S/c10-9(13)12-8-5-11-7-4-2-1-3-6(7)8/h1-5,11H,(H3,10,12,13). The van der Waals surface area contributed by atoms with Crippen molar-refractivity contribution in [2.75, 3.05) is 5.32 Å². The summed E-state index contributed by atoms with van der Waals surface area (Å²) in [6, 6.07) is 7.96. The van der Waals surface area contributed by atoms with E-state index in [1.54, 1.807) is 0 Å². The number of para-hydroxylation sites is 1. The van der Waals surface area contributed by atoms with E-state index in [4.69, 9.17) is 18.0 Å². The number of rotatable bonds is 1. The van der Waals surface area contributed by atoms with E-state index in [1.165, 1.54) is 0 Å². The van der Waals surface area contributed by atoms with Crippen LogP contribution in [0.25, 0.3) is 10.9 Å². The molecular formula is C9H9N3S. The largest absolute Gasteiger partial charge is 0.376 e. The van der Waals surface area contributed by atoms with Crippen LogP contribution < -0.4 is 11.1 Å².